The molecule has 100 valence electrons. The quantitative estimate of drug-likeness (QED) is 0.489. The molecule has 0 spiro atoms. The van der Waals surface area contributed by atoms with Crippen molar-refractivity contribution in [1.29, 1.82) is 0 Å². The van der Waals surface area contributed by atoms with Crippen LogP contribution in [0.1, 0.15) is 27.2 Å². The Labute approximate surface area is 101 Å². The smallest absolute Gasteiger partial charge is 0.310 e. The van der Waals surface area contributed by atoms with Gasteiger partial charge in [0, 0.05) is 6.42 Å². The Hall–Kier alpha value is -1.14. The van der Waals surface area contributed by atoms with E-state index in [-0.39, 0.29) is 25.6 Å². The third-order valence-corrected chi connectivity index (χ3v) is 3.10. The maximum atomic E-state index is 11.6. The number of carbonyl (C=O) groups excluding carboxylic acids is 1. The molecule has 0 heterocycles. The van der Waals surface area contributed by atoms with E-state index in [2.05, 4.69) is 5.32 Å². The van der Waals surface area contributed by atoms with Gasteiger partial charge in [-0.1, -0.05) is 13.8 Å². The second-order valence-electron chi connectivity index (χ2n) is 4.68. The summed E-state index contributed by atoms with van der Waals surface area (Å²) >= 11 is 0. The van der Waals surface area contributed by atoms with Crippen LogP contribution in [-0.2, 0) is 9.59 Å². The monoisotopic (exact) mass is 247 g/mol. The van der Waals surface area contributed by atoms with Crippen molar-refractivity contribution in [2.45, 2.75) is 33.2 Å². The molecule has 0 fully saturated rings. The van der Waals surface area contributed by atoms with E-state index in [1.807, 2.05) is 0 Å². The largest absolute Gasteiger partial charge is 0.481 e. The van der Waals surface area contributed by atoms with Gasteiger partial charge < -0.3 is 20.6 Å². The van der Waals surface area contributed by atoms with Gasteiger partial charge in [0.15, 0.2) is 0 Å². The first-order valence-electron chi connectivity index (χ1n) is 5.52. The Morgan fingerprint density at radius 3 is 2.00 bits per heavy atom. The second kappa shape index (κ2) is 6.56. The lowest BCUT2D eigenvalue weighted by atomic mass is 9.76. The van der Waals surface area contributed by atoms with Crippen molar-refractivity contribution >= 4 is 11.9 Å². The van der Waals surface area contributed by atoms with Crippen LogP contribution in [0.25, 0.3) is 0 Å². The third kappa shape index (κ3) is 4.32. The zero-order valence-corrected chi connectivity index (χ0v) is 10.4. The average Bonchev–Trinajstić information content (AvgIpc) is 2.25. The van der Waals surface area contributed by atoms with Gasteiger partial charge in [-0.25, -0.2) is 0 Å². The third-order valence-electron chi connectivity index (χ3n) is 3.10. The van der Waals surface area contributed by atoms with Crippen molar-refractivity contribution in [3.05, 3.63) is 0 Å². The molecule has 6 nitrogen and oxygen atoms in total. The lowest BCUT2D eigenvalue weighted by molar-refractivity contribution is -0.153. The van der Waals surface area contributed by atoms with Crippen LogP contribution in [0.4, 0.5) is 0 Å². The van der Waals surface area contributed by atoms with E-state index in [4.69, 9.17) is 15.3 Å². The Bertz CT molecular complexity index is 275. The molecule has 0 saturated heterocycles. The summed E-state index contributed by atoms with van der Waals surface area (Å²) in [7, 11) is 0. The molecule has 1 amide bonds. The fraction of sp³-hybridized carbons (Fsp3) is 0.818. The molecule has 1 unspecified atom stereocenters. The van der Waals surface area contributed by atoms with Gasteiger partial charge in [0.1, 0.15) is 0 Å². The summed E-state index contributed by atoms with van der Waals surface area (Å²) in [6.45, 7) is 4.21. The molecule has 0 aliphatic rings. The number of aliphatic hydroxyl groups is 2. The van der Waals surface area contributed by atoms with Gasteiger partial charge in [-0.2, -0.15) is 0 Å². The molecule has 0 radical (unpaired) electrons. The standard InChI is InChI=1S/C11H21NO5/c1-7(2)11(3,10(16)17)4-9(15)12-8(5-13)6-14/h7-8,13-14H,4-6H2,1-3H3,(H,12,15)(H,16,17). The molecule has 1 atom stereocenters. The maximum Gasteiger partial charge on any atom is 0.310 e. The Kier molecular flexibility index (Phi) is 6.12. The molecule has 0 aromatic heterocycles. The Morgan fingerprint density at radius 2 is 1.71 bits per heavy atom. The lowest BCUT2D eigenvalue weighted by Gasteiger charge is -2.29. The number of carboxylic acid groups (broad SMARTS) is 1. The molecule has 0 bridgehead atoms. The van der Waals surface area contributed by atoms with Crippen molar-refractivity contribution in [3.63, 3.8) is 0 Å². The minimum atomic E-state index is -1.15. The molecule has 17 heavy (non-hydrogen) atoms. The van der Waals surface area contributed by atoms with E-state index in [9.17, 15) is 9.59 Å². The number of aliphatic carboxylic acids is 1. The zero-order chi connectivity index (χ0) is 13.6. The fourth-order valence-corrected chi connectivity index (χ4v) is 1.29. The topological polar surface area (TPSA) is 107 Å². The first-order chi connectivity index (χ1) is 7.77. The van der Waals surface area contributed by atoms with Crippen LogP contribution in [0.2, 0.25) is 0 Å². The van der Waals surface area contributed by atoms with Crippen LogP contribution in [0.3, 0.4) is 0 Å². The lowest BCUT2D eigenvalue weighted by Crippen LogP contribution is -2.44. The van der Waals surface area contributed by atoms with Crippen molar-refractivity contribution < 1.29 is 24.9 Å². The molecule has 0 rings (SSSR count). The van der Waals surface area contributed by atoms with E-state index in [0.717, 1.165) is 0 Å². The molecule has 0 aromatic rings. The van der Waals surface area contributed by atoms with Gasteiger partial charge >= 0.3 is 5.97 Å². The Balaban J connectivity index is 4.58. The summed E-state index contributed by atoms with van der Waals surface area (Å²) in [6.07, 6.45) is -0.184. The van der Waals surface area contributed by atoms with Gasteiger partial charge in [-0.05, 0) is 12.8 Å². The van der Waals surface area contributed by atoms with Crippen molar-refractivity contribution in [2.75, 3.05) is 13.2 Å². The number of hydrogen-bond acceptors (Lipinski definition) is 4. The van der Waals surface area contributed by atoms with Gasteiger partial charge in [-0.15, -0.1) is 0 Å². The predicted molar refractivity (Wildman–Crippen MR) is 61.3 cm³/mol. The highest BCUT2D eigenvalue weighted by molar-refractivity contribution is 5.85. The summed E-state index contributed by atoms with van der Waals surface area (Å²) < 4.78 is 0. The van der Waals surface area contributed by atoms with E-state index in [1.165, 1.54) is 6.92 Å². The highest BCUT2D eigenvalue weighted by Gasteiger charge is 2.39. The van der Waals surface area contributed by atoms with E-state index in [0.29, 0.717) is 0 Å². The number of amides is 1. The first-order valence-corrected chi connectivity index (χ1v) is 5.52. The van der Waals surface area contributed by atoms with Crippen molar-refractivity contribution in [2.24, 2.45) is 11.3 Å². The zero-order valence-electron chi connectivity index (χ0n) is 10.4. The number of carboxylic acids is 1. The van der Waals surface area contributed by atoms with Crippen LogP contribution >= 0.6 is 0 Å². The number of nitrogens with one attached hydrogen (secondary N) is 1. The Morgan fingerprint density at radius 1 is 1.24 bits per heavy atom. The summed E-state index contributed by atoms with van der Waals surface area (Å²) in [4.78, 5) is 22.7. The predicted octanol–water partition coefficient (Wildman–Crippen LogP) is -0.407. The highest BCUT2D eigenvalue weighted by Crippen LogP contribution is 2.31. The first kappa shape index (κ1) is 15.9. The minimum Gasteiger partial charge on any atom is -0.481 e. The van der Waals surface area contributed by atoms with Crippen LogP contribution in [0.15, 0.2) is 0 Å². The van der Waals surface area contributed by atoms with Gasteiger partial charge in [-0.3, -0.25) is 9.59 Å². The van der Waals surface area contributed by atoms with Crippen LogP contribution in [0.5, 0.6) is 0 Å². The van der Waals surface area contributed by atoms with Crippen LogP contribution in [-0.4, -0.2) is 46.5 Å². The molecule has 6 heteroatoms. The molecular formula is C11H21NO5. The normalized spacial score (nSPS) is 14.8. The summed E-state index contributed by atoms with van der Waals surface area (Å²) in [6, 6.07) is -0.743. The van der Waals surface area contributed by atoms with E-state index < -0.39 is 23.3 Å². The maximum absolute atomic E-state index is 11.6. The SMILES string of the molecule is CC(C)C(C)(CC(=O)NC(CO)CO)C(=O)O. The van der Waals surface area contributed by atoms with Crippen molar-refractivity contribution in [1.82, 2.24) is 5.32 Å². The number of rotatable bonds is 7. The van der Waals surface area contributed by atoms with Gasteiger partial charge in [0.05, 0.1) is 24.7 Å². The summed E-state index contributed by atoms with van der Waals surface area (Å²) in [5.41, 5.74) is -1.15. The van der Waals surface area contributed by atoms with Gasteiger partial charge in [0.25, 0.3) is 0 Å². The highest BCUT2D eigenvalue weighted by atomic mass is 16.4. The van der Waals surface area contributed by atoms with E-state index in [1.54, 1.807) is 13.8 Å². The molecular weight excluding hydrogens is 226 g/mol. The summed E-state index contributed by atoms with van der Waals surface area (Å²) in [5.74, 6) is -1.73. The number of aliphatic hydroxyl groups excluding tert-OH is 2. The molecule has 0 aliphatic heterocycles. The minimum absolute atomic E-state index is 0.184. The van der Waals surface area contributed by atoms with Crippen LogP contribution in [0, 0.1) is 11.3 Å². The van der Waals surface area contributed by atoms with Gasteiger partial charge in [0.2, 0.25) is 5.91 Å². The number of carbonyl (C=O) groups is 2. The van der Waals surface area contributed by atoms with E-state index >= 15 is 0 Å². The number of hydrogen-bond donors (Lipinski definition) is 4. The summed E-state index contributed by atoms with van der Waals surface area (Å²) in [5, 5.41) is 29.1. The molecule has 0 saturated carbocycles. The van der Waals surface area contributed by atoms with Crippen molar-refractivity contribution in [3.8, 4) is 0 Å². The molecule has 0 aliphatic carbocycles. The molecule has 0 aromatic carbocycles. The fourth-order valence-electron chi connectivity index (χ4n) is 1.29. The average molecular weight is 247 g/mol. The second-order valence-corrected chi connectivity index (χ2v) is 4.68. The van der Waals surface area contributed by atoms with Crippen LogP contribution < -0.4 is 5.32 Å². The molecule has 4 N–H and O–H groups in total.